The number of imidazole rings is 1. The molecule has 0 spiro atoms. The number of rotatable bonds is 11. The molecule has 0 aliphatic rings. The second-order valence-electron chi connectivity index (χ2n) is 7.14. The molecule has 0 aliphatic heterocycles. The molecule has 8 heteroatoms. The van der Waals surface area contributed by atoms with Crippen molar-refractivity contribution in [2.24, 2.45) is 4.99 Å². The van der Waals surface area contributed by atoms with Gasteiger partial charge in [0.2, 0.25) is 0 Å². The highest BCUT2D eigenvalue weighted by Crippen LogP contribution is 2.28. The van der Waals surface area contributed by atoms with Crippen molar-refractivity contribution < 1.29 is 9.47 Å². The van der Waals surface area contributed by atoms with Gasteiger partial charge in [0.05, 0.1) is 20.3 Å². The predicted octanol–water partition coefficient (Wildman–Crippen LogP) is 3.36. The van der Waals surface area contributed by atoms with Crippen molar-refractivity contribution in [2.75, 3.05) is 26.8 Å². The summed E-state index contributed by atoms with van der Waals surface area (Å²) in [6, 6.07) is 10.1. The minimum absolute atomic E-state index is 0.558. The minimum atomic E-state index is 0.558. The highest BCUT2D eigenvalue weighted by atomic mass is 16.5. The largest absolute Gasteiger partial charge is 0.493 e. The highest BCUT2D eigenvalue weighted by molar-refractivity contribution is 5.79. The normalized spacial score (nSPS) is 11.3. The molecular formula is C24H32N6O2. The van der Waals surface area contributed by atoms with Gasteiger partial charge in [-0.3, -0.25) is 4.57 Å². The van der Waals surface area contributed by atoms with E-state index in [0.29, 0.717) is 13.2 Å². The molecule has 1 aromatic carbocycles. The summed E-state index contributed by atoms with van der Waals surface area (Å²) in [6.07, 6.45) is 9.11. The van der Waals surface area contributed by atoms with Crippen LogP contribution in [-0.2, 0) is 13.0 Å². The van der Waals surface area contributed by atoms with Crippen LogP contribution in [0, 0.1) is 0 Å². The van der Waals surface area contributed by atoms with Crippen LogP contribution >= 0.6 is 0 Å². The Morgan fingerprint density at radius 1 is 1.09 bits per heavy atom. The average molecular weight is 437 g/mol. The van der Waals surface area contributed by atoms with Gasteiger partial charge in [0.15, 0.2) is 17.5 Å². The van der Waals surface area contributed by atoms with Gasteiger partial charge in [0.25, 0.3) is 0 Å². The number of nitrogens with one attached hydrogen (secondary N) is 2. The molecular weight excluding hydrogens is 404 g/mol. The van der Waals surface area contributed by atoms with Gasteiger partial charge in [-0.15, -0.1) is 0 Å². The van der Waals surface area contributed by atoms with Crippen molar-refractivity contribution in [1.29, 1.82) is 0 Å². The van der Waals surface area contributed by atoms with Crippen molar-refractivity contribution in [3.63, 3.8) is 0 Å². The monoisotopic (exact) mass is 436 g/mol. The lowest BCUT2D eigenvalue weighted by atomic mass is 10.1. The Morgan fingerprint density at radius 2 is 1.97 bits per heavy atom. The zero-order valence-corrected chi connectivity index (χ0v) is 19.0. The average Bonchev–Trinajstić information content (AvgIpc) is 3.36. The Balaban J connectivity index is 1.49. The van der Waals surface area contributed by atoms with E-state index < -0.39 is 0 Å². The Morgan fingerprint density at radius 3 is 2.66 bits per heavy atom. The minimum Gasteiger partial charge on any atom is -0.493 e. The first-order chi connectivity index (χ1) is 15.7. The molecule has 0 atom stereocenters. The van der Waals surface area contributed by atoms with E-state index in [0.717, 1.165) is 54.8 Å². The van der Waals surface area contributed by atoms with Crippen LogP contribution in [0.25, 0.3) is 5.82 Å². The number of methoxy groups -OCH3 is 1. The van der Waals surface area contributed by atoms with Gasteiger partial charge >= 0.3 is 0 Å². The molecule has 2 heterocycles. The number of ether oxygens (including phenoxy) is 2. The fourth-order valence-electron chi connectivity index (χ4n) is 3.21. The summed E-state index contributed by atoms with van der Waals surface area (Å²) in [7, 11) is 1.66. The van der Waals surface area contributed by atoms with Crippen LogP contribution in [0.5, 0.6) is 11.5 Å². The Hall–Kier alpha value is -3.55. The molecule has 32 heavy (non-hydrogen) atoms. The van der Waals surface area contributed by atoms with Crippen molar-refractivity contribution in [3.05, 3.63) is 66.4 Å². The van der Waals surface area contributed by atoms with Crippen molar-refractivity contribution in [3.8, 4) is 17.3 Å². The molecule has 3 rings (SSSR count). The van der Waals surface area contributed by atoms with Crippen LogP contribution in [0.4, 0.5) is 0 Å². The van der Waals surface area contributed by atoms with E-state index in [1.54, 1.807) is 19.6 Å². The number of guanidine groups is 1. The molecule has 2 N–H and O–H groups in total. The van der Waals surface area contributed by atoms with E-state index in [2.05, 4.69) is 44.7 Å². The van der Waals surface area contributed by atoms with Crippen molar-refractivity contribution in [1.82, 2.24) is 25.2 Å². The van der Waals surface area contributed by atoms with Crippen molar-refractivity contribution in [2.45, 2.75) is 33.2 Å². The Labute approximate surface area is 189 Å². The fraction of sp³-hybridized carbons (Fsp3) is 0.375. The maximum atomic E-state index is 5.67. The zero-order valence-electron chi connectivity index (χ0n) is 19.0. The molecule has 0 amide bonds. The van der Waals surface area contributed by atoms with Crippen LogP contribution in [0.15, 0.2) is 60.2 Å². The number of hydrogen-bond acceptors (Lipinski definition) is 5. The summed E-state index contributed by atoms with van der Waals surface area (Å²) in [5, 5.41) is 6.70. The fourth-order valence-corrected chi connectivity index (χ4v) is 3.21. The third kappa shape index (κ3) is 6.73. The molecule has 0 fully saturated rings. The van der Waals surface area contributed by atoms with Gasteiger partial charge in [-0.05, 0) is 56.0 Å². The molecule has 2 aromatic heterocycles. The van der Waals surface area contributed by atoms with Crippen LogP contribution in [0.3, 0.4) is 0 Å². The van der Waals surface area contributed by atoms with E-state index in [1.807, 2.05) is 42.1 Å². The first-order valence-electron chi connectivity index (χ1n) is 11.0. The standard InChI is InChI=1S/C24H32N6O2/c1-4-26-24(29-17-20-9-11-23(28-16-20)30-14-13-25-18-30)27-12-6-7-19-8-10-21(31-3)22(15-19)32-5-2/h8-11,13-16,18H,4-7,12,17H2,1-3H3,(H2,26,27,29). The summed E-state index contributed by atoms with van der Waals surface area (Å²) in [6.45, 7) is 6.83. The van der Waals surface area contributed by atoms with Gasteiger partial charge in [0.1, 0.15) is 12.1 Å². The van der Waals surface area contributed by atoms with E-state index in [9.17, 15) is 0 Å². The van der Waals surface area contributed by atoms with Gasteiger partial charge in [-0.1, -0.05) is 12.1 Å². The lowest BCUT2D eigenvalue weighted by Gasteiger charge is -2.13. The highest BCUT2D eigenvalue weighted by Gasteiger charge is 2.06. The molecule has 0 unspecified atom stereocenters. The van der Waals surface area contributed by atoms with E-state index in [4.69, 9.17) is 9.47 Å². The molecule has 170 valence electrons. The van der Waals surface area contributed by atoms with E-state index in [1.165, 1.54) is 5.56 Å². The summed E-state index contributed by atoms with van der Waals surface area (Å²) in [5.41, 5.74) is 2.27. The van der Waals surface area contributed by atoms with Crippen molar-refractivity contribution >= 4 is 5.96 Å². The number of benzene rings is 1. The Bertz CT molecular complexity index is 971. The van der Waals surface area contributed by atoms with E-state index >= 15 is 0 Å². The second kappa shape index (κ2) is 12.3. The second-order valence-corrected chi connectivity index (χ2v) is 7.14. The Kier molecular flexibility index (Phi) is 8.92. The first-order valence-corrected chi connectivity index (χ1v) is 11.0. The summed E-state index contributed by atoms with van der Waals surface area (Å²) in [5.74, 6) is 3.20. The van der Waals surface area contributed by atoms with Gasteiger partial charge in [0, 0.05) is 31.7 Å². The molecule has 0 saturated heterocycles. The number of pyridine rings is 1. The first kappa shape index (κ1) is 23.1. The lowest BCUT2D eigenvalue weighted by Crippen LogP contribution is -2.37. The topological polar surface area (TPSA) is 85.6 Å². The number of hydrogen-bond donors (Lipinski definition) is 2. The molecule has 0 aliphatic carbocycles. The van der Waals surface area contributed by atoms with Gasteiger partial charge in [-0.2, -0.15) is 0 Å². The molecule has 0 saturated carbocycles. The summed E-state index contributed by atoms with van der Waals surface area (Å²) in [4.78, 5) is 13.2. The van der Waals surface area contributed by atoms with E-state index in [-0.39, 0.29) is 0 Å². The third-order valence-corrected chi connectivity index (χ3v) is 4.80. The number of nitrogens with zero attached hydrogens (tertiary/aromatic N) is 4. The third-order valence-electron chi connectivity index (χ3n) is 4.80. The smallest absolute Gasteiger partial charge is 0.191 e. The van der Waals surface area contributed by atoms with Crippen LogP contribution in [0.1, 0.15) is 31.4 Å². The zero-order chi connectivity index (χ0) is 22.6. The van der Waals surface area contributed by atoms with Crippen LogP contribution in [0.2, 0.25) is 0 Å². The quantitative estimate of drug-likeness (QED) is 0.272. The number of aromatic nitrogens is 3. The molecule has 0 bridgehead atoms. The predicted molar refractivity (Wildman–Crippen MR) is 127 cm³/mol. The van der Waals surface area contributed by atoms with Crippen LogP contribution < -0.4 is 20.1 Å². The van der Waals surface area contributed by atoms with Gasteiger partial charge < -0.3 is 20.1 Å². The van der Waals surface area contributed by atoms with Crippen LogP contribution in [-0.4, -0.2) is 47.3 Å². The molecule has 3 aromatic rings. The maximum Gasteiger partial charge on any atom is 0.191 e. The van der Waals surface area contributed by atoms with Gasteiger partial charge in [-0.25, -0.2) is 15.0 Å². The summed E-state index contributed by atoms with van der Waals surface area (Å²) >= 11 is 0. The lowest BCUT2D eigenvalue weighted by molar-refractivity contribution is 0.310. The molecule has 0 radical (unpaired) electrons. The molecule has 8 nitrogen and oxygen atoms in total. The summed E-state index contributed by atoms with van der Waals surface area (Å²) < 4.78 is 12.9. The number of aryl methyl sites for hydroxylation is 1. The maximum absolute atomic E-state index is 5.67. The SMILES string of the molecule is CCNC(=NCc1ccc(-n2ccnc2)nc1)NCCCc1ccc(OC)c(OCC)c1. The number of aliphatic imine (C=N–C) groups is 1.